The average Bonchev–Trinajstić information content (AvgIpc) is 3.40. The van der Waals surface area contributed by atoms with Gasteiger partial charge in [0.2, 0.25) is 11.8 Å². The highest BCUT2D eigenvalue weighted by molar-refractivity contribution is 5.78. The van der Waals surface area contributed by atoms with E-state index in [1.165, 1.54) is 24.3 Å². The maximum atomic E-state index is 12.9. The van der Waals surface area contributed by atoms with Gasteiger partial charge in [0.25, 0.3) is 5.91 Å². The standard InChI is InChI=1S/C21H21F4N3O5/c22-11-1-3-12(4-2-11)30-9-17(29)26-16-8-31-18(15-7-14(15)16)20-28-27-19(32-20)10-5-13(6-10)33-21(23,24)25/h1-4,10,13-16,18H,5-9H2,(H,26,29)/t10-,13+,14-,15+,16-,18-/m0/s1. The molecule has 0 spiro atoms. The predicted octanol–water partition coefficient (Wildman–Crippen LogP) is 3.26. The first-order valence-corrected chi connectivity index (χ1v) is 10.6. The molecule has 33 heavy (non-hydrogen) atoms. The molecule has 0 unspecified atom stereocenters. The van der Waals surface area contributed by atoms with Crippen LogP contribution in [0, 0.1) is 17.7 Å². The van der Waals surface area contributed by atoms with Crippen molar-refractivity contribution in [2.45, 2.75) is 49.8 Å². The summed E-state index contributed by atoms with van der Waals surface area (Å²) in [6.07, 6.45) is -4.77. The van der Waals surface area contributed by atoms with Crippen molar-refractivity contribution in [1.82, 2.24) is 15.5 Å². The Morgan fingerprint density at radius 1 is 1.09 bits per heavy atom. The highest BCUT2D eigenvalue weighted by Gasteiger charge is 2.54. The molecule has 178 valence electrons. The minimum absolute atomic E-state index is 0.109. The van der Waals surface area contributed by atoms with Gasteiger partial charge in [-0.2, -0.15) is 0 Å². The number of carbonyl (C=O) groups excluding carboxylic acids is 1. The summed E-state index contributed by atoms with van der Waals surface area (Å²) < 4.78 is 70.6. The van der Waals surface area contributed by atoms with Gasteiger partial charge in [-0.05, 0) is 55.4 Å². The minimum Gasteiger partial charge on any atom is -0.484 e. The van der Waals surface area contributed by atoms with Gasteiger partial charge < -0.3 is 19.2 Å². The van der Waals surface area contributed by atoms with Gasteiger partial charge in [0, 0.05) is 5.92 Å². The average molecular weight is 471 g/mol. The summed E-state index contributed by atoms with van der Waals surface area (Å²) in [4.78, 5) is 12.2. The zero-order chi connectivity index (χ0) is 23.2. The number of nitrogens with one attached hydrogen (secondary N) is 1. The van der Waals surface area contributed by atoms with Gasteiger partial charge in [0.05, 0.1) is 18.8 Å². The lowest BCUT2D eigenvalue weighted by molar-refractivity contribution is -0.352. The smallest absolute Gasteiger partial charge is 0.484 e. The first-order valence-electron chi connectivity index (χ1n) is 10.6. The predicted molar refractivity (Wildman–Crippen MR) is 101 cm³/mol. The number of hydrogen-bond acceptors (Lipinski definition) is 7. The summed E-state index contributed by atoms with van der Waals surface area (Å²) >= 11 is 0. The van der Waals surface area contributed by atoms with Crippen molar-refractivity contribution in [2.24, 2.45) is 11.8 Å². The molecule has 2 aliphatic carbocycles. The van der Waals surface area contributed by atoms with Crippen LogP contribution in [0.3, 0.4) is 0 Å². The molecule has 0 radical (unpaired) electrons. The number of nitrogens with zero attached hydrogens (tertiary/aromatic N) is 2. The SMILES string of the molecule is O=C(COc1ccc(F)cc1)N[C@H]1CO[C@H](c2nnc([C@H]3C[C@@H](OC(F)(F)F)C3)o2)[C@@H]2C[C@@H]21. The largest absolute Gasteiger partial charge is 0.522 e. The molecule has 1 aromatic carbocycles. The van der Waals surface area contributed by atoms with Crippen LogP contribution in [-0.2, 0) is 14.3 Å². The second-order valence-corrected chi connectivity index (χ2v) is 8.57. The van der Waals surface area contributed by atoms with E-state index in [1.807, 2.05) is 0 Å². The van der Waals surface area contributed by atoms with Crippen molar-refractivity contribution in [3.8, 4) is 5.75 Å². The van der Waals surface area contributed by atoms with Crippen molar-refractivity contribution in [1.29, 1.82) is 0 Å². The van der Waals surface area contributed by atoms with Crippen molar-refractivity contribution in [3.05, 3.63) is 41.9 Å². The van der Waals surface area contributed by atoms with E-state index in [0.29, 0.717) is 17.5 Å². The summed E-state index contributed by atoms with van der Waals surface area (Å²) in [7, 11) is 0. The van der Waals surface area contributed by atoms with Crippen LogP contribution >= 0.6 is 0 Å². The maximum Gasteiger partial charge on any atom is 0.522 e. The quantitative estimate of drug-likeness (QED) is 0.620. The number of amides is 1. The number of carbonyl (C=O) groups is 1. The number of rotatable bonds is 7. The van der Waals surface area contributed by atoms with Gasteiger partial charge in [-0.25, -0.2) is 4.39 Å². The Labute approximate surface area is 185 Å². The summed E-state index contributed by atoms with van der Waals surface area (Å²) in [5.74, 6) is 0.346. The Hall–Kier alpha value is -2.73. The Morgan fingerprint density at radius 2 is 1.82 bits per heavy atom. The number of alkyl halides is 3. The zero-order valence-corrected chi connectivity index (χ0v) is 17.3. The van der Waals surface area contributed by atoms with E-state index >= 15 is 0 Å². The molecular weight excluding hydrogens is 450 g/mol. The number of hydrogen-bond donors (Lipinski definition) is 1. The lowest BCUT2D eigenvalue weighted by atomic mass is 9.82. The van der Waals surface area contributed by atoms with Crippen LogP contribution in [0.15, 0.2) is 28.7 Å². The molecule has 1 aliphatic heterocycles. The van der Waals surface area contributed by atoms with Crippen molar-refractivity contribution in [2.75, 3.05) is 13.2 Å². The molecule has 1 N–H and O–H groups in total. The summed E-state index contributed by atoms with van der Waals surface area (Å²) in [5, 5.41) is 10.9. The summed E-state index contributed by atoms with van der Waals surface area (Å²) in [6, 6.07) is 5.21. The molecule has 0 bridgehead atoms. The number of ether oxygens (including phenoxy) is 3. The molecular formula is C21H21F4N3O5. The molecule has 3 aliphatic rings. The Morgan fingerprint density at radius 3 is 2.55 bits per heavy atom. The molecule has 2 aromatic rings. The third-order valence-electron chi connectivity index (χ3n) is 6.23. The topological polar surface area (TPSA) is 95.7 Å². The molecule has 1 saturated heterocycles. The number of benzene rings is 1. The third kappa shape index (κ3) is 5.11. The normalized spacial score (nSPS) is 30.8. The van der Waals surface area contributed by atoms with Crippen LogP contribution < -0.4 is 10.1 Å². The fourth-order valence-corrected chi connectivity index (χ4v) is 4.41. The number of fused-ring (bicyclic) bond motifs is 1. The first-order chi connectivity index (χ1) is 15.7. The lowest BCUT2D eigenvalue weighted by Gasteiger charge is -2.33. The van der Waals surface area contributed by atoms with Gasteiger partial charge in [-0.1, -0.05) is 0 Å². The van der Waals surface area contributed by atoms with E-state index in [4.69, 9.17) is 13.9 Å². The first kappa shape index (κ1) is 22.1. The van der Waals surface area contributed by atoms with Crippen LogP contribution in [-0.4, -0.2) is 47.8 Å². The van der Waals surface area contributed by atoms with E-state index in [2.05, 4.69) is 20.3 Å². The van der Waals surface area contributed by atoms with E-state index < -0.39 is 18.6 Å². The molecule has 8 nitrogen and oxygen atoms in total. The lowest BCUT2D eigenvalue weighted by Crippen LogP contribution is -2.45. The van der Waals surface area contributed by atoms with Crippen LogP contribution in [0.1, 0.15) is 43.1 Å². The Kier molecular flexibility index (Phi) is 5.73. The monoisotopic (exact) mass is 471 g/mol. The zero-order valence-electron chi connectivity index (χ0n) is 17.3. The summed E-state index contributed by atoms with van der Waals surface area (Å²) in [6.45, 7) is 0.0627. The molecule has 4 atom stereocenters. The van der Waals surface area contributed by atoms with E-state index in [0.717, 1.165) is 6.42 Å². The van der Waals surface area contributed by atoms with E-state index in [-0.39, 0.29) is 61.6 Å². The van der Waals surface area contributed by atoms with Gasteiger partial charge >= 0.3 is 6.36 Å². The van der Waals surface area contributed by atoms with Crippen LogP contribution in [0.4, 0.5) is 17.6 Å². The minimum atomic E-state index is -4.65. The molecule has 3 fully saturated rings. The summed E-state index contributed by atoms with van der Waals surface area (Å²) in [5.41, 5.74) is 0. The second kappa shape index (κ2) is 8.56. The fraction of sp³-hybridized carbons (Fsp3) is 0.571. The molecule has 2 heterocycles. The van der Waals surface area contributed by atoms with Gasteiger partial charge in [-0.15, -0.1) is 23.4 Å². The number of aromatic nitrogens is 2. The molecule has 1 amide bonds. The van der Waals surface area contributed by atoms with Gasteiger partial charge in [0.1, 0.15) is 17.7 Å². The van der Waals surface area contributed by atoms with E-state index in [9.17, 15) is 22.4 Å². The number of halogens is 4. The second-order valence-electron chi connectivity index (χ2n) is 8.57. The fourth-order valence-electron chi connectivity index (χ4n) is 4.41. The van der Waals surface area contributed by atoms with Crippen LogP contribution in [0.2, 0.25) is 0 Å². The third-order valence-corrected chi connectivity index (χ3v) is 6.23. The maximum absolute atomic E-state index is 12.9. The molecule has 5 rings (SSSR count). The van der Waals surface area contributed by atoms with Crippen molar-refractivity contribution >= 4 is 5.91 Å². The molecule has 1 aromatic heterocycles. The Bertz CT molecular complexity index is 993. The Balaban J connectivity index is 1.08. The van der Waals surface area contributed by atoms with Crippen molar-refractivity contribution < 1.29 is 41.0 Å². The van der Waals surface area contributed by atoms with Crippen molar-refractivity contribution in [3.63, 3.8) is 0 Å². The van der Waals surface area contributed by atoms with Gasteiger partial charge in [0.15, 0.2) is 6.61 Å². The van der Waals surface area contributed by atoms with Gasteiger partial charge in [-0.3, -0.25) is 9.53 Å². The van der Waals surface area contributed by atoms with Crippen LogP contribution in [0.5, 0.6) is 5.75 Å². The molecule has 2 saturated carbocycles. The van der Waals surface area contributed by atoms with E-state index in [1.54, 1.807) is 0 Å². The van der Waals surface area contributed by atoms with Crippen LogP contribution in [0.25, 0.3) is 0 Å². The highest BCUT2D eigenvalue weighted by Crippen LogP contribution is 2.54. The highest BCUT2D eigenvalue weighted by atomic mass is 19.4. The molecule has 12 heteroatoms.